The SMILES string of the molecule is CC(CCc1ccccc1)NC(=O)c1csc(CN(Cc2ccc(F)cc2)Cc2ccc(Cl)cc2)n1. The monoisotopic (exact) mass is 521 g/mol. The number of carbonyl (C=O) groups excluding carboxylic acids is 1. The van der Waals surface area contributed by atoms with Crippen molar-refractivity contribution in [2.75, 3.05) is 0 Å². The average molecular weight is 522 g/mol. The molecular weight excluding hydrogens is 493 g/mol. The second-order valence-corrected chi connectivity index (χ2v) is 10.3. The van der Waals surface area contributed by atoms with E-state index in [4.69, 9.17) is 11.6 Å². The predicted octanol–water partition coefficient (Wildman–Crippen LogP) is 6.89. The van der Waals surface area contributed by atoms with Gasteiger partial charge in [0.05, 0.1) is 6.54 Å². The summed E-state index contributed by atoms with van der Waals surface area (Å²) in [6.07, 6.45) is 1.77. The fourth-order valence-electron chi connectivity index (χ4n) is 3.94. The van der Waals surface area contributed by atoms with Crippen LogP contribution < -0.4 is 5.32 Å². The molecule has 0 bridgehead atoms. The molecule has 0 spiro atoms. The molecule has 186 valence electrons. The van der Waals surface area contributed by atoms with Crippen LogP contribution >= 0.6 is 22.9 Å². The first-order chi connectivity index (χ1) is 17.4. The lowest BCUT2D eigenvalue weighted by Crippen LogP contribution is -2.33. The summed E-state index contributed by atoms with van der Waals surface area (Å²) in [4.78, 5) is 19.6. The third kappa shape index (κ3) is 7.98. The van der Waals surface area contributed by atoms with Crippen molar-refractivity contribution in [3.05, 3.63) is 122 Å². The van der Waals surface area contributed by atoms with Crippen LogP contribution in [-0.4, -0.2) is 21.8 Å². The fraction of sp³-hybridized carbons (Fsp3) is 0.241. The van der Waals surface area contributed by atoms with Crippen molar-refractivity contribution in [3.63, 3.8) is 0 Å². The molecule has 4 rings (SSSR count). The zero-order valence-corrected chi connectivity index (χ0v) is 21.7. The van der Waals surface area contributed by atoms with E-state index in [-0.39, 0.29) is 17.8 Å². The molecule has 0 saturated heterocycles. The van der Waals surface area contributed by atoms with E-state index in [2.05, 4.69) is 27.3 Å². The summed E-state index contributed by atoms with van der Waals surface area (Å²) < 4.78 is 13.4. The Balaban J connectivity index is 1.38. The van der Waals surface area contributed by atoms with Gasteiger partial charge in [-0.25, -0.2) is 9.37 Å². The first kappa shape index (κ1) is 26.0. The Kier molecular flexibility index (Phi) is 9.23. The molecule has 1 amide bonds. The number of benzene rings is 3. The summed E-state index contributed by atoms with van der Waals surface area (Å²) >= 11 is 7.52. The van der Waals surface area contributed by atoms with E-state index in [1.807, 2.05) is 54.8 Å². The van der Waals surface area contributed by atoms with Crippen molar-refractivity contribution in [1.82, 2.24) is 15.2 Å². The minimum absolute atomic E-state index is 0.0442. The fourth-order valence-corrected chi connectivity index (χ4v) is 4.88. The summed E-state index contributed by atoms with van der Waals surface area (Å²) in [5.74, 6) is -0.405. The number of nitrogens with zero attached hydrogens (tertiary/aromatic N) is 2. The molecule has 0 fully saturated rings. The van der Waals surface area contributed by atoms with E-state index < -0.39 is 0 Å². The van der Waals surface area contributed by atoms with Gasteiger partial charge < -0.3 is 5.32 Å². The number of carbonyl (C=O) groups is 1. The molecule has 3 aromatic carbocycles. The van der Waals surface area contributed by atoms with Crippen molar-refractivity contribution in [3.8, 4) is 0 Å². The third-order valence-corrected chi connectivity index (χ3v) is 6.95. The standard InChI is InChI=1S/C29H29ClFN3OS/c1-21(7-8-22-5-3-2-4-6-22)32-29(35)27-20-36-28(33-27)19-34(17-23-9-13-25(30)14-10-23)18-24-11-15-26(31)16-12-24/h2-6,9-16,20-21H,7-8,17-19H2,1H3,(H,32,35). The summed E-state index contributed by atoms with van der Waals surface area (Å²) in [7, 11) is 0. The molecule has 1 unspecified atom stereocenters. The molecule has 1 N–H and O–H groups in total. The third-order valence-electron chi connectivity index (χ3n) is 5.87. The first-order valence-electron chi connectivity index (χ1n) is 11.9. The van der Waals surface area contributed by atoms with Crippen molar-refractivity contribution >= 4 is 28.8 Å². The summed E-state index contributed by atoms with van der Waals surface area (Å²) in [5, 5.41) is 6.43. The van der Waals surface area contributed by atoms with Gasteiger partial charge in [-0.15, -0.1) is 11.3 Å². The van der Waals surface area contributed by atoms with Crippen LogP contribution in [0.15, 0.2) is 84.2 Å². The number of nitrogens with one attached hydrogen (secondary N) is 1. The molecule has 1 heterocycles. The molecule has 1 atom stereocenters. The lowest BCUT2D eigenvalue weighted by atomic mass is 10.1. The Morgan fingerprint density at radius 2 is 1.58 bits per heavy atom. The van der Waals surface area contributed by atoms with Crippen molar-refractivity contribution in [2.45, 2.75) is 45.4 Å². The van der Waals surface area contributed by atoms with Gasteiger partial charge in [0.25, 0.3) is 5.91 Å². The molecule has 1 aromatic heterocycles. The number of aromatic nitrogens is 1. The van der Waals surface area contributed by atoms with E-state index in [0.717, 1.165) is 29.0 Å². The molecule has 0 aliphatic carbocycles. The van der Waals surface area contributed by atoms with Crippen LogP contribution in [-0.2, 0) is 26.1 Å². The van der Waals surface area contributed by atoms with Crippen LogP contribution in [0.4, 0.5) is 4.39 Å². The molecule has 36 heavy (non-hydrogen) atoms. The number of hydrogen-bond acceptors (Lipinski definition) is 4. The number of rotatable bonds is 11. The van der Waals surface area contributed by atoms with Gasteiger partial charge in [-0.3, -0.25) is 9.69 Å². The molecule has 4 aromatic rings. The van der Waals surface area contributed by atoms with Crippen LogP contribution in [0, 0.1) is 5.82 Å². The summed E-state index contributed by atoms with van der Waals surface area (Å²) in [6, 6.07) is 24.6. The van der Waals surface area contributed by atoms with Crippen molar-refractivity contribution < 1.29 is 9.18 Å². The highest BCUT2D eigenvalue weighted by Gasteiger charge is 2.16. The van der Waals surface area contributed by atoms with Gasteiger partial charge in [-0.1, -0.05) is 66.2 Å². The number of halogens is 2. The number of aryl methyl sites for hydroxylation is 1. The molecule has 7 heteroatoms. The minimum atomic E-state index is -0.253. The molecule has 0 aliphatic heterocycles. The second kappa shape index (κ2) is 12.8. The van der Waals surface area contributed by atoms with Crippen LogP contribution in [0.1, 0.15) is 45.5 Å². The number of hydrogen-bond donors (Lipinski definition) is 1. The smallest absolute Gasteiger partial charge is 0.270 e. The van der Waals surface area contributed by atoms with E-state index in [0.29, 0.717) is 30.4 Å². The highest BCUT2D eigenvalue weighted by atomic mass is 35.5. The van der Waals surface area contributed by atoms with E-state index in [1.165, 1.54) is 29.0 Å². The zero-order valence-electron chi connectivity index (χ0n) is 20.2. The summed E-state index contributed by atoms with van der Waals surface area (Å²) in [5.41, 5.74) is 3.82. The quantitative estimate of drug-likeness (QED) is 0.234. The average Bonchev–Trinajstić information content (AvgIpc) is 3.35. The zero-order chi connectivity index (χ0) is 25.3. The van der Waals surface area contributed by atoms with Crippen LogP contribution in [0.5, 0.6) is 0 Å². The van der Waals surface area contributed by atoms with Gasteiger partial charge in [0, 0.05) is 29.5 Å². The summed E-state index contributed by atoms with van der Waals surface area (Å²) in [6.45, 7) is 3.89. The highest BCUT2D eigenvalue weighted by Crippen LogP contribution is 2.19. The predicted molar refractivity (Wildman–Crippen MR) is 145 cm³/mol. The number of amides is 1. The minimum Gasteiger partial charge on any atom is -0.348 e. The Bertz CT molecular complexity index is 1200. The number of thiazole rings is 1. The normalized spacial score (nSPS) is 12.0. The van der Waals surface area contributed by atoms with Gasteiger partial charge in [-0.2, -0.15) is 0 Å². The van der Waals surface area contributed by atoms with Crippen LogP contribution in [0.25, 0.3) is 0 Å². The lowest BCUT2D eigenvalue weighted by molar-refractivity contribution is 0.0933. The van der Waals surface area contributed by atoms with Crippen molar-refractivity contribution in [1.29, 1.82) is 0 Å². The van der Waals surface area contributed by atoms with Crippen molar-refractivity contribution in [2.24, 2.45) is 0 Å². The second-order valence-electron chi connectivity index (χ2n) is 8.92. The topological polar surface area (TPSA) is 45.2 Å². The lowest BCUT2D eigenvalue weighted by Gasteiger charge is -2.21. The van der Waals surface area contributed by atoms with Gasteiger partial charge in [-0.05, 0) is 60.7 Å². The molecule has 0 saturated carbocycles. The van der Waals surface area contributed by atoms with Gasteiger partial charge >= 0.3 is 0 Å². The van der Waals surface area contributed by atoms with E-state index >= 15 is 0 Å². The Hall–Kier alpha value is -3.06. The van der Waals surface area contributed by atoms with E-state index in [9.17, 15) is 9.18 Å². The van der Waals surface area contributed by atoms with Gasteiger partial charge in [0.2, 0.25) is 0 Å². The maximum atomic E-state index is 13.4. The van der Waals surface area contributed by atoms with Crippen LogP contribution in [0.2, 0.25) is 5.02 Å². The highest BCUT2D eigenvalue weighted by molar-refractivity contribution is 7.09. The Labute approximate surface area is 220 Å². The van der Waals surface area contributed by atoms with Gasteiger partial charge in [0.1, 0.15) is 16.5 Å². The van der Waals surface area contributed by atoms with Crippen LogP contribution in [0.3, 0.4) is 0 Å². The Morgan fingerprint density at radius 3 is 2.25 bits per heavy atom. The largest absolute Gasteiger partial charge is 0.348 e. The maximum Gasteiger partial charge on any atom is 0.270 e. The first-order valence-corrected chi connectivity index (χ1v) is 13.2. The Morgan fingerprint density at radius 1 is 0.944 bits per heavy atom. The molecule has 0 radical (unpaired) electrons. The molecular formula is C29H29ClFN3OS. The molecule has 0 aliphatic rings. The maximum absolute atomic E-state index is 13.4. The van der Waals surface area contributed by atoms with Gasteiger partial charge in [0.15, 0.2) is 0 Å². The molecule has 4 nitrogen and oxygen atoms in total. The van der Waals surface area contributed by atoms with E-state index in [1.54, 1.807) is 12.1 Å².